The predicted molar refractivity (Wildman–Crippen MR) is 46.6 cm³/mol. The second kappa shape index (κ2) is 4.69. The minimum Gasteiger partial charge on any atom is -0.464 e. The van der Waals surface area contributed by atoms with Crippen LogP contribution in [-0.4, -0.2) is 23.8 Å². The Morgan fingerprint density at radius 3 is 2.31 bits per heavy atom. The number of ether oxygens (including phenoxy) is 2. The van der Waals surface area contributed by atoms with Crippen molar-refractivity contribution in [2.75, 3.05) is 13.6 Å². The molecule has 0 amide bonds. The number of aryl methyl sites for hydroxylation is 1. The molecule has 1 aromatic carbocycles. The van der Waals surface area contributed by atoms with E-state index in [1.54, 1.807) is 12.1 Å². The quantitative estimate of drug-likeness (QED) is 0.674. The maximum absolute atomic E-state index is 8.56. The van der Waals surface area contributed by atoms with E-state index in [9.17, 15) is 0 Å². The number of benzene rings is 1. The first-order valence-electron chi connectivity index (χ1n) is 3.86. The molecule has 13 heavy (non-hydrogen) atoms. The zero-order chi connectivity index (χ0) is 9.68. The first-order chi connectivity index (χ1) is 6.27. The average molecular weight is 184 g/mol. The van der Waals surface area contributed by atoms with Crippen molar-refractivity contribution in [2.24, 2.45) is 0 Å². The maximum Gasteiger partial charge on any atom is 0.186 e. The summed E-state index contributed by atoms with van der Waals surface area (Å²) in [5.74, 6) is 0.846. The van der Waals surface area contributed by atoms with E-state index in [4.69, 9.17) is 19.7 Å². The number of rotatable bonds is 4. The Morgan fingerprint density at radius 2 is 1.69 bits per heavy atom. The molecule has 0 saturated heterocycles. The van der Waals surface area contributed by atoms with Gasteiger partial charge in [-0.3, -0.25) is 0 Å². The minimum atomic E-state index is -0.412. The molecule has 0 spiro atoms. The van der Waals surface area contributed by atoms with Crippen LogP contribution in [0.3, 0.4) is 0 Å². The maximum atomic E-state index is 8.56. The van der Waals surface area contributed by atoms with E-state index >= 15 is 0 Å². The smallest absolute Gasteiger partial charge is 0.186 e. The van der Waals surface area contributed by atoms with Gasteiger partial charge in [-0.05, 0) is 24.6 Å². The van der Waals surface area contributed by atoms with Crippen molar-refractivity contribution >= 4 is 0 Å². The molecule has 0 aromatic heterocycles. The van der Waals surface area contributed by atoms with Crippen molar-refractivity contribution in [2.45, 2.75) is 6.92 Å². The topological polar surface area (TPSA) is 58.9 Å². The molecule has 0 radical (unpaired) electrons. The first kappa shape index (κ1) is 9.83. The van der Waals surface area contributed by atoms with Gasteiger partial charge in [0.2, 0.25) is 0 Å². The summed E-state index contributed by atoms with van der Waals surface area (Å²) in [6.07, 6.45) is 0. The third-order valence-corrected chi connectivity index (χ3v) is 1.54. The summed E-state index contributed by atoms with van der Waals surface area (Å²) < 4.78 is 9.75. The third kappa shape index (κ3) is 2.61. The monoisotopic (exact) mass is 184 g/mol. The number of aliphatic hydroxyl groups is 2. The summed E-state index contributed by atoms with van der Waals surface area (Å²) in [4.78, 5) is 0. The van der Waals surface area contributed by atoms with E-state index < -0.39 is 13.6 Å². The van der Waals surface area contributed by atoms with Crippen LogP contribution >= 0.6 is 0 Å². The zero-order valence-corrected chi connectivity index (χ0v) is 7.36. The first-order valence-corrected chi connectivity index (χ1v) is 3.86. The van der Waals surface area contributed by atoms with Gasteiger partial charge in [0.05, 0.1) is 0 Å². The molecule has 4 nitrogen and oxygen atoms in total. The van der Waals surface area contributed by atoms with Gasteiger partial charge in [0.25, 0.3) is 0 Å². The highest BCUT2D eigenvalue weighted by Gasteiger charge is 2.03. The van der Waals surface area contributed by atoms with Crippen molar-refractivity contribution < 1.29 is 19.7 Å². The Bertz CT molecular complexity index is 272. The molecule has 0 aliphatic carbocycles. The normalized spacial score (nSPS) is 9.77. The van der Waals surface area contributed by atoms with Crippen molar-refractivity contribution in [3.8, 4) is 11.5 Å². The van der Waals surface area contributed by atoms with Crippen LogP contribution in [-0.2, 0) is 0 Å². The lowest BCUT2D eigenvalue weighted by Crippen LogP contribution is -2.01. The van der Waals surface area contributed by atoms with Gasteiger partial charge in [-0.1, -0.05) is 6.07 Å². The van der Waals surface area contributed by atoms with Gasteiger partial charge in [-0.2, -0.15) is 0 Å². The minimum absolute atomic E-state index is 0.411. The predicted octanol–water partition coefficient (Wildman–Crippen LogP) is 0.652. The third-order valence-electron chi connectivity index (χ3n) is 1.54. The lowest BCUT2D eigenvalue weighted by Gasteiger charge is -2.09. The van der Waals surface area contributed by atoms with Crippen molar-refractivity contribution in [3.63, 3.8) is 0 Å². The Labute approximate surface area is 76.3 Å². The van der Waals surface area contributed by atoms with E-state index in [0.717, 1.165) is 5.56 Å². The van der Waals surface area contributed by atoms with E-state index in [1.807, 2.05) is 13.0 Å². The SMILES string of the molecule is Cc1ccc(OCO)c(OCO)c1. The molecular formula is C9H12O4. The van der Waals surface area contributed by atoms with Gasteiger partial charge in [0.1, 0.15) is 0 Å². The molecule has 0 atom stereocenters. The van der Waals surface area contributed by atoms with Gasteiger partial charge in [0.15, 0.2) is 25.1 Å². The Morgan fingerprint density at radius 1 is 1.08 bits per heavy atom. The average Bonchev–Trinajstić information content (AvgIpc) is 2.10. The number of hydrogen-bond donors (Lipinski definition) is 2. The molecular weight excluding hydrogens is 172 g/mol. The van der Waals surface area contributed by atoms with Crippen LogP contribution in [0.4, 0.5) is 0 Å². The molecule has 0 unspecified atom stereocenters. The van der Waals surface area contributed by atoms with Crippen LogP contribution < -0.4 is 9.47 Å². The number of aliphatic hydroxyl groups excluding tert-OH is 2. The van der Waals surface area contributed by atoms with E-state index in [1.165, 1.54) is 0 Å². The Hall–Kier alpha value is -1.26. The Kier molecular flexibility index (Phi) is 3.54. The molecule has 1 aromatic rings. The van der Waals surface area contributed by atoms with Gasteiger partial charge in [0, 0.05) is 0 Å². The molecule has 0 fully saturated rings. The van der Waals surface area contributed by atoms with Gasteiger partial charge >= 0.3 is 0 Å². The van der Waals surface area contributed by atoms with Gasteiger partial charge < -0.3 is 19.7 Å². The molecule has 0 saturated carbocycles. The zero-order valence-electron chi connectivity index (χ0n) is 7.36. The summed E-state index contributed by atoms with van der Waals surface area (Å²) >= 11 is 0. The highest BCUT2D eigenvalue weighted by molar-refractivity contribution is 5.42. The molecule has 0 heterocycles. The van der Waals surface area contributed by atoms with Crippen LogP contribution in [0.25, 0.3) is 0 Å². The summed E-state index contributed by atoms with van der Waals surface area (Å²) in [6, 6.07) is 5.23. The summed E-state index contributed by atoms with van der Waals surface area (Å²) in [6.45, 7) is 1.07. The highest BCUT2D eigenvalue weighted by Crippen LogP contribution is 2.27. The van der Waals surface area contributed by atoms with Gasteiger partial charge in [-0.25, -0.2) is 0 Å². The lowest BCUT2D eigenvalue weighted by atomic mass is 10.2. The fourth-order valence-electron chi connectivity index (χ4n) is 0.986. The number of hydrogen-bond acceptors (Lipinski definition) is 4. The second-order valence-corrected chi connectivity index (χ2v) is 2.50. The lowest BCUT2D eigenvalue weighted by molar-refractivity contribution is 0.0743. The van der Waals surface area contributed by atoms with E-state index in [-0.39, 0.29) is 0 Å². The molecule has 4 heteroatoms. The molecule has 0 aliphatic heterocycles. The second-order valence-electron chi connectivity index (χ2n) is 2.50. The van der Waals surface area contributed by atoms with Crippen molar-refractivity contribution in [3.05, 3.63) is 23.8 Å². The van der Waals surface area contributed by atoms with Crippen molar-refractivity contribution in [1.82, 2.24) is 0 Å². The fraction of sp³-hybridized carbons (Fsp3) is 0.333. The summed E-state index contributed by atoms with van der Waals surface area (Å²) in [5, 5.41) is 17.1. The van der Waals surface area contributed by atoms with Crippen molar-refractivity contribution in [1.29, 1.82) is 0 Å². The molecule has 0 bridgehead atoms. The molecule has 2 N–H and O–H groups in total. The molecule has 1 rings (SSSR count). The van der Waals surface area contributed by atoms with E-state index in [0.29, 0.717) is 11.5 Å². The summed E-state index contributed by atoms with van der Waals surface area (Å²) in [5.41, 5.74) is 0.994. The largest absolute Gasteiger partial charge is 0.464 e. The Balaban J connectivity index is 2.89. The fourth-order valence-corrected chi connectivity index (χ4v) is 0.986. The molecule has 72 valence electrons. The summed E-state index contributed by atoms with van der Waals surface area (Å²) in [7, 11) is 0. The van der Waals surface area contributed by atoms with Crippen LogP contribution in [0.5, 0.6) is 11.5 Å². The van der Waals surface area contributed by atoms with Crippen LogP contribution in [0, 0.1) is 6.92 Å². The van der Waals surface area contributed by atoms with Crippen LogP contribution in [0.15, 0.2) is 18.2 Å². The van der Waals surface area contributed by atoms with E-state index in [2.05, 4.69) is 0 Å². The van der Waals surface area contributed by atoms with Crippen LogP contribution in [0.2, 0.25) is 0 Å². The standard InChI is InChI=1S/C9H12O4/c1-7-2-3-8(12-5-10)9(4-7)13-6-11/h2-4,10-11H,5-6H2,1H3. The molecule has 0 aliphatic rings. The van der Waals surface area contributed by atoms with Gasteiger partial charge in [-0.15, -0.1) is 0 Å². The van der Waals surface area contributed by atoms with Crippen LogP contribution in [0.1, 0.15) is 5.56 Å². The highest BCUT2D eigenvalue weighted by atomic mass is 16.6.